The van der Waals surface area contributed by atoms with Crippen LogP contribution in [0.2, 0.25) is 0 Å². The molecule has 106 valence electrons. The van der Waals surface area contributed by atoms with Crippen LogP contribution in [-0.2, 0) is 6.54 Å². The van der Waals surface area contributed by atoms with Crippen molar-refractivity contribution in [1.29, 1.82) is 0 Å². The van der Waals surface area contributed by atoms with Crippen LogP contribution in [0.3, 0.4) is 0 Å². The number of rotatable bonds is 4. The SMILES string of the molecule is Cc1cc(CNC(C)c2cc(F)ccc2F)ccc1F. The van der Waals surface area contributed by atoms with Gasteiger partial charge in [-0.15, -0.1) is 0 Å². The molecule has 2 aromatic carbocycles. The van der Waals surface area contributed by atoms with Gasteiger partial charge in [0.1, 0.15) is 17.5 Å². The summed E-state index contributed by atoms with van der Waals surface area (Å²) >= 11 is 0. The molecule has 0 amide bonds. The van der Waals surface area contributed by atoms with Gasteiger partial charge in [-0.25, -0.2) is 13.2 Å². The second-order valence-corrected chi connectivity index (χ2v) is 4.85. The Morgan fingerprint density at radius 1 is 1.00 bits per heavy atom. The van der Waals surface area contributed by atoms with E-state index in [-0.39, 0.29) is 17.4 Å². The number of nitrogens with one attached hydrogen (secondary N) is 1. The molecule has 0 saturated heterocycles. The van der Waals surface area contributed by atoms with Crippen molar-refractivity contribution in [3.63, 3.8) is 0 Å². The molecule has 2 rings (SSSR count). The topological polar surface area (TPSA) is 12.0 Å². The van der Waals surface area contributed by atoms with Gasteiger partial charge in [0.15, 0.2) is 0 Å². The predicted octanol–water partition coefficient (Wildman–Crippen LogP) is 4.26. The highest BCUT2D eigenvalue weighted by Crippen LogP contribution is 2.19. The Morgan fingerprint density at radius 3 is 2.40 bits per heavy atom. The van der Waals surface area contributed by atoms with Gasteiger partial charge in [-0.1, -0.05) is 12.1 Å². The molecule has 20 heavy (non-hydrogen) atoms. The lowest BCUT2D eigenvalue weighted by Gasteiger charge is -2.15. The second-order valence-electron chi connectivity index (χ2n) is 4.85. The molecular formula is C16H16F3N. The molecule has 1 nitrogen and oxygen atoms in total. The van der Waals surface area contributed by atoms with Crippen LogP contribution in [0.1, 0.15) is 29.7 Å². The molecule has 0 radical (unpaired) electrons. The third-order valence-electron chi connectivity index (χ3n) is 3.26. The van der Waals surface area contributed by atoms with Crippen LogP contribution >= 0.6 is 0 Å². The summed E-state index contributed by atoms with van der Waals surface area (Å²) < 4.78 is 39.9. The first kappa shape index (κ1) is 14.6. The summed E-state index contributed by atoms with van der Waals surface area (Å²) in [6.45, 7) is 3.90. The van der Waals surface area contributed by atoms with Gasteiger partial charge in [0.05, 0.1) is 0 Å². The highest BCUT2D eigenvalue weighted by atomic mass is 19.1. The van der Waals surface area contributed by atoms with Gasteiger partial charge in [-0.2, -0.15) is 0 Å². The molecule has 0 saturated carbocycles. The van der Waals surface area contributed by atoms with Crippen LogP contribution in [0.25, 0.3) is 0 Å². The molecule has 1 atom stereocenters. The van der Waals surface area contributed by atoms with E-state index in [0.717, 1.165) is 17.7 Å². The fraction of sp³-hybridized carbons (Fsp3) is 0.250. The molecule has 1 unspecified atom stereocenters. The van der Waals surface area contributed by atoms with Crippen molar-refractivity contribution in [2.75, 3.05) is 0 Å². The van der Waals surface area contributed by atoms with Crippen molar-refractivity contribution >= 4 is 0 Å². The summed E-state index contributed by atoms with van der Waals surface area (Å²) in [5, 5.41) is 3.10. The molecule has 1 N–H and O–H groups in total. The molecule has 0 aliphatic carbocycles. The first-order valence-electron chi connectivity index (χ1n) is 6.40. The molecule has 0 aromatic heterocycles. The predicted molar refractivity (Wildman–Crippen MR) is 72.7 cm³/mol. The van der Waals surface area contributed by atoms with Crippen molar-refractivity contribution in [3.05, 3.63) is 70.5 Å². The van der Waals surface area contributed by atoms with Gasteiger partial charge in [-0.3, -0.25) is 0 Å². The van der Waals surface area contributed by atoms with Crippen LogP contribution in [0.15, 0.2) is 36.4 Å². The van der Waals surface area contributed by atoms with Gasteiger partial charge >= 0.3 is 0 Å². The number of halogens is 3. The van der Waals surface area contributed by atoms with E-state index in [1.54, 1.807) is 26.0 Å². The maximum Gasteiger partial charge on any atom is 0.128 e. The molecule has 4 heteroatoms. The summed E-state index contributed by atoms with van der Waals surface area (Å²) in [6, 6.07) is 7.86. The van der Waals surface area contributed by atoms with Crippen LogP contribution in [0.5, 0.6) is 0 Å². The van der Waals surface area contributed by atoms with Crippen molar-refractivity contribution in [2.45, 2.75) is 26.4 Å². The standard InChI is InChI=1S/C16H16F3N/c1-10-7-12(3-5-15(10)18)9-20-11(2)14-8-13(17)4-6-16(14)19/h3-8,11,20H,9H2,1-2H3. The number of aryl methyl sites for hydroxylation is 1. The first-order chi connectivity index (χ1) is 9.47. The molecule has 0 spiro atoms. The average Bonchev–Trinajstić information content (AvgIpc) is 2.42. The Morgan fingerprint density at radius 2 is 1.70 bits per heavy atom. The zero-order valence-corrected chi connectivity index (χ0v) is 11.4. The summed E-state index contributed by atoms with van der Waals surface area (Å²) in [7, 11) is 0. The maximum atomic E-state index is 13.6. The number of benzene rings is 2. The van der Waals surface area contributed by atoms with Crippen molar-refractivity contribution in [2.24, 2.45) is 0 Å². The lowest BCUT2D eigenvalue weighted by Crippen LogP contribution is -2.19. The molecule has 0 aliphatic heterocycles. The third kappa shape index (κ3) is 3.39. The molecule has 2 aromatic rings. The normalized spacial score (nSPS) is 12.4. The summed E-state index contributed by atoms with van der Waals surface area (Å²) in [6.07, 6.45) is 0. The Bertz CT molecular complexity index is 611. The molecule has 0 fully saturated rings. The Balaban J connectivity index is 2.06. The molecule has 0 heterocycles. The smallest absolute Gasteiger partial charge is 0.128 e. The third-order valence-corrected chi connectivity index (χ3v) is 3.26. The van der Waals surface area contributed by atoms with Crippen LogP contribution < -0.4 is 5.32 Å². The van der Waals surface area contributed by atoms with Crippen molar-refractivity contribution in [3.8, 4) is 0 Å². The Hall–Kier alpha value is -1.81. The summed E-state index contributed by atoms with van der Waals surface area (Å²) in [5.41, 5.74) is 1.74. The zero-order chi connectivity index (χ0) is 14.7. The number of hydrogen-bond donors (Lipinski definition) is 1. The van der Waals surface area contributed by atoms with Crippen LogP contribution in [-0.4, -0.2) is 0 Å². The van der Waals surface area contributed by atoms with E-state index in [1.807, 2.05) is 0 Å². The largest absolute Gasteiger partial charge is 0.306 e. The van der Waals surface area contributed by atoms with E-state index in [1.165, 1.54) is 12.1 Å². The molecule has 0 aliphatic rings. The van der Waals surface area contributed by atoms with E-state index >= 15 is 0 Å². The lowest BCUT2D eigenvalue weighted by atomic mass is 10.1. The minimum absolute atomic E-state index is 0.252. The van der Waals surface area contributed by atoms with E-state index < -0.39 is 11.6 Å². The minimum atomic E-state index is -0.465. The van der Waals surface area contributed by atoms with Gasteiger partial charge < -0.3 is 5.32 Å². The summed E-state index contributed by atoms with van der Waals surface area (Å²) in [5.74, 6) is -1.16. The highest BCUT2D eigenvalue weighted by molar-refractivity contribution is 5.25. The van der Waals surface area contributed by atoms with Gasteiger partial charge in [-0.05, 0) is 49.2 Å². The van der Waals surface area contributed by atoms with E-state index in [9.17, 15) is 13.2 Å². The van der Waals surface area contributed by atoms with Gasteiger partial charge in [0, 0.05) is 18.2 Å². The van der Waals surface area contributed by atoms with Gasteiger partial charge in [0.25, 0.3) is 0 Å². The minimum Gasteiger partial charge on any atom is -0.306 e. The summed E-state index contributed by atoms with van der Waals surface area (Å²) in [4.78, 5) is 0. The monoisotopic (exact) mass is 279 g/mol. The Labute approximate surface area is 116 Å². The van der Waals surface area contributed by atoms with E-state index in [2.05, 4.69) is 5.32 Å². The van der Waals surface area contributed by atoms with Crippen LogP contribution in [0, 0.1) is 24.4 Å². The van der Waals surface area contributed by atoms with Gasteiger partial charge in [0.2, 0.25) is 0 Å². The molecule has 0 bridgehead atoms. The highest BCUT2D eigenvalue weighted by Gasteiger charge is 2.11. The fourth-order valence-electron chi connectivity index (χ4n) is 2.04. The second kappa shape index (κ2) is 6.09. The van der Waals surface area contributed by atoms with Crippen molar-refractivity contribution < 1.29 is 13.2 Å². The van der Waals surface area contributed by atoms with Crippen molar-refractivity contribution in [1.82, 2.24) is 5.32 Å². The lowest BCUT2D eigenvalue weighted by molar-refractivity contribution is 0.518. The fourth-order valence-corrected chi connectivity index (χ4v) is 2.04. The quantitative estimate of drug-likeness (QED) is 0.881. The van der Waals surface area contributed by atoms with Crippen LogP contribution in [0.4, 0.5) is 13.2 Å². The van der Waals surface area contributed by atoms with E-state index in [0.29, 0.717) is 12.1 Å². The first-order valence-corrected chi connectivity index (χ1v) is 6.40. The number of hydrogen-bond acceptors (Lipinski definition) is 1. The Kier molecular flexibility index (Phi) is 4.45. The average molecular weight is 279 g/mol. The van der Waals surface area contributed by atoms with E-state index in [4.69, 9.17) is 0 Å². The zero-order valence-electron chi connectivity index (χ0n) is 11.4. The molecular weight excluding hydrogens is 263 g/mol. The maximum absolute atomic E-state index is 13.6.